The summed E-state index contributed by atoms with van der Waals surface area (Å²) in [5.74, 6) is -1.57. The molecule has 15 heteroatoms. The number of rotatable bonds is 12. The Labute approximate surface area is 247 Å². The number of fused-ring (bicyclic) bond motifs is 1. The van der Waals surface area contributed by atoms with E-state index >= 15 is 4.39 Å². The van der Waals surface area contributed by atoms with Crippen LogP contribution < -0.4 is 26.7 Å². The van der Waals surface area contributed by atoms with Crippen molar-refractivity contribution in [1.29, 1.82) is 0 Å². The number of anilines is 3. The average Bonchev–Trinajstić information content (AvgIpc) is 2.97. The Morgan fingerprint density at radius 1 is 1.05 bits per heavy atom. The van der Waals surface area contributed by atoms with Crippen molar-refractivity contribution in [1.82, 2.24) is 15.0 Å². The van der Waals surface area contributed by atoms with E-state index in [4.69, 9.17) is 26.7 Å². The maximum Gasteiger partial charge on any atom is 0.255 e. The van der Waals surface area contributed by atoms with Gasteiger partial charge in [-0.25, -0.2) is 27.8 Å². The predicted molar refractivity (Wildman–Crippen MR) is 162 cm³/mol. The van der Waals surface area contributed by atoms with E-state index in [1.807, 2.05) is 13.8 Å². The molecule has 0 radical (unpaired) electrons. The molecule has 0 saturated carbocycles. The summed E-state index contributed by atoms with van der Waals surface area (Å²) in [7, 11) is -3.98. The second kappa shape index (κ2) is 15.0. The number of halogens is 2. The van der Waals surface area contributed by atoms with Gasteiger partial charge in [0.25, 0.3) is 5.91 Å². The summed E-state index contributed by atoms with van der Waals surface area (Å²) in [6, 6.07) is 10.2. The zero-order valence-corrected chi connectivity index (χ0v) is 24.5. The molecule has 43 heavy (non-hydrogen) atoms. The highest BCUT2D eigenvalue weighted by molar-refractivity contribution is 7.92. The molecule has 1 amide bonds. The third kappa shape index (κ3) is 8.93. The van der Waals surface area contributed by atoms with Crippen molar-refractivity contribution in [3.8, 4) is 28.3 Å². The number of nitrogens with one attached hydrogen (secondary N) is 1. The maximum absolute atomic E-state index is 15.5. The molecule has 12 nitrogen and oxygen atoms in total. The molecular formula is C28H33F2N7O5S. The van der Waals surface area contributed by atoms with E-state index in [1.54, 1.807) is 12.1 Å². The summed E-state index contributed by atoms with van der Waals surface area (Å²) in [6.07, 6.45) is 1.24. The Morgan fingerprint density at radius 3 is 2.40 bits per heavy atom. The Morgan fingerprint density at radius 2 is 1.79 bits per heavy atom. The lowest BCUT2D eigenvalue weighted by Crippen LogP contribution is -2.20. The standard InChI is InChI=1S/C24H23F2N7O4S.C4H10O/c25-7-2-8-38(35,36)33-17-4-1-3-15(21(17)26)14-9-16-22(18(10-14)37-12-20(28)34)31-24(32-23(16)29)13-5-6-19(27)30-11-13;1-3-5-4-2/h1,3-6,9-11,33H,2,7-8,12H2,(H2,27,30)(H2,28,34)(H2,29,31,32);3-4H2,1-2H3. The number of aromatic nitrogens is 3. The van der Waals surface area contributed by atoms with Gasteiger partial charge in [-0.15, -0.1) is 0 Å². The summed E-state index contributed by atoms with van der Waals surface area (Å²) in [4.78, 5) is 24.3. The largest absolute Gasteiger partial charge is 0.481 e. The number of carbonyl (C=O) groups excluding carboxylic acids is 1. The number of sulfonamides is 1. The van der Waals surface area contributed by atoms with Gasteiger partial charge in [0, 0.05) is 35.9 Å². The number of carbonyl (C=O) groups is 1. The SMILES string of the molecule is CCOCC.NC(=O)COc1cc(-c2cccc(NS(=O)(=O)CCCF)c2F)cc2c(N)nc(-c3ccc(N)nc3)nc12. The number of pyridine rings is 1. The fourth-order valence-electron chi connectivity index (χ4n) is 3.81. The van der Waals surface area contributed by atoms with E-state index < -0.39 is 40.8 Å². The molecule has 7 N–H and O–H groups in total. The summed E-state index contributed by atoms with van der Waals surface area (Å²) >= 11 is 0. The fourth-order valence-corrected chi connectivity index (χ4v) is 4.89. The van der Waals surface area contributed by atoms with Gasteiger partial charge in [0.1, 0.15) is 22.9 Å². The van der Waals surface area contributed by atoms with Gasteiger partial charge in [-0.05, 0) is 56.2 Å². The first-order valence-electron chi connectivity index (χ1n) is 13.2. The van der Waals surface area contributed by atoms with Crippen molar-refractivity contribution in [3.63, 3.8) is 0 Å². The number of nitrogens with zero attached hydrogens (tertiary/aromatic N) is 3. The minimum absolute atomic E-state index is 0.00673. The van der Waals surface area contributed by atoms with Crippen LogP contribution in [0.4, 0.5) is 26.1 Å². The lowest BCUT2D eigenvalue weighted by atomic mass is 10.0. The number of ether oxygens (including phenoxy) is 2. The highest BCUT2D eigenvalue weighted by atomic mass is 32.2. The van der Waals surface area contributed by atoms with Crippen molar-refractivity contribution in [2.45, 2.75) is 20.3 Å². The predicted octanol–water partition coefficient (Wildman–Crippen LogP) is 3.67. The monoisotopic (exact) mass is 617 g/mol. The number of amides is 1. The van der Waals surface area contributed by atoms with Crippen LogP contribution in [0.2, 0.25) is 0 Å². The minimum atomic E-state index is -3.98. The summed E-state index contributed by atoms with van der Waals surface area (Å²) in [5, 5.41) is 0.280. The average molecular weight is 618 g/mol. The van der Waals surface area contributed by atoms with Crippen molar-refractivity contribution >= 4 is 44.2 Å². The van der Waals surface area contributed by atoms with Gasteiger partial charge in [0.05, 0.1) is 18.1 Å². The number of hydrogen-bond acceptors (Lipinski definition) is 10. The molecule has 0 fully saturated rings. The van der Waals surface area contributed by atoms with Crippen LogP contribution in [-0.4, -0.2) is 61.5 Å². The summed E-state index contributed by atoms with van der Waals surface area (Å²) < 4.78 is 64.9. The zero-order chi connectivity index (χ0) is 31.6. The van der Waals surface area contributed by atoms with Crippen LogP contribution >= 0.6 is 0 Å². The Hall–Kier alpha value is -4.63. The van der Waals surface area contributed by atoms with Crippen LogP contribution in [0.25, 0.3) is 33.4 Å². The third-order valence-corrected chi connectivity index (χ3v) is 7.10. The first-order chi connectivity index (χ1) is 20.5. The highest BCUT2D eigenvalue weighted by Gasteiger charge is 2.20. The molecular weight excluding hydrogens is 584 g/mol. The molecule has 0 spiro atoms. The number of alkyl halides is 1. The number of hydrogen-bond donors (Lipinski definition) is 4. The van der Waals surface area contributed by atoms with Gasteiger partial charge in [0.2, 0.25) is 10.0 Å². The van der Waals surface area contributed by atoms with E-state index in [9.17, 15) is 17.6 Å². The number of nitrogens with two attached hydrogens (primary N) is 3. The molecule has 4 aromatic rings. The Bertz CT molecular complexity index is 1670. The van der Waals surface area contributed by atoms with Gasteiger partial charge in [0.15, 0.2) is 18.2 Å². The van der Waals surface area contributed by atoms with Crippen molar-refractivity contribution < 1.29 is 31.5 Å². The molecule has 0 unspecified atom stereocenters. The summed E-state index contributed by atoms with van der Waals surface area (Å²) in [5.41, 5.74) is 17.8. The highest BCUT2D eigenvalue weighted by Crippen LogP contribution is 2.37. The normalized spacial score (nSPS) is 11.1. The van der Waals surface area contributed by atoms with Crippen LogP contribution in [0.5, 0.6) is 5.75 Å². The third-order valence-electron chi connectivity index (χ3n) is 5.74. The van der Waals surface area contributed by atoms with Crippen LogP contribution in [0, 0.1) is 5.82 Å². The quantitative estimate of drug-likeness (QED) is 0.182. The van der Waals surface area contributed by atoms with Crippen LogP contribution in [-0.2, 0) is 19.6 Å². The number of primary amides is 1. The molecule has 0 atom stereocenters. The van der Waals surface area contributed by atoms with Crippen LogP contribution in [0.3, 0.4) is 0 Å². The van der Waals surface area contributed by atoms with Crippen LogP contribution in [0.15, 0.2) is 48.7 Å². The van der Waals surface area contributed by atoms with Gasteiger partial charge in [-0.2, -0.15) is 0 Å². The van der Waals surface area contributed by atoms with E-state index in [0.717, 1.165) is 13.2 Å². The molecule has 2 heterocycles. The Balaban J connectivity index is 0.000000934. The Kier molecular flexibility index (Phi) is 11.5. The molecule has 0 saturated heterocycles. The molecule has 0 aliphatic heterocycles. The lowest BCUT2D eigenvalue weighted by molar-refractivity contribution is -0.119. The molecule has 2 aromatic heterocycles. The topological polar surface area (TPSA) is 198 Å². The van der Waals surface area contributed by atoms with E-state index in [1.165, 1.54) is 36.5 Å². The summed E-state index contributed by atoms with van der Waals surface area (Å²) in [6.45, 7) is 4.34. The van der Waals surface area contributed by atoms with Crippen molar-refractivity contribution in [2.24, 2.45) is 5.73 Å². The minimum Gasteiger partial charge on any atom is -0.481 e. The second-order valence-electron chi connectivity index (χ2n) is 8.94. The van der Waals surface area contributed by atoms with E-state index in [-0.39, 0.29) is 51.5 Å². The molecule has 0 bridgehead atoms. The van der Waals surface area contributed by atoms with E-state index in [2.05, 4.69) is 19.7 Å². The molecule has 0 aliphatic rings. The van der Waals surface area contributed by atoms with Gasteiger partial charge >= 0.3 is 0 Å². The first-order valence-corrected chi connectivity index (χ1v) is 14.8. The molecule has 0 aliphatic carbocycles. The first kappa shape index (κ1) is 32.9. The lowest BCUT2D eigenvalue weighted by Gasteiger charge is -2.15. The number of nitrogen functional groups attached to an aromatic ring is 2. The van der Waals surface area contributed by atoms with Crippen molar-refractivity contribution in [2.75, 3.05) is 48.4 Å². The smallest absolute Gasteiger partial charge is 0.255 e. The second-order valence-corrected chi connectivity index (χ2v) is 10.8. The van der Waals surface area contributed by atoms with Gasteiger partial charge in [-0.3, -0.25) is 13.9 Å². The van der Waals surface area contributed by atoms with Crippen molar-refractivity contribution in [3.05, 3.63) is 54.5 Å². The zero-order valence-electron chi connectivity index (χ0n) is 23.6. The van der Waals surface area contributed by atoms with Gasteiger partial charge < -0.3 is 26.7 Å². The molecule has 2 aromatic carbocycles. The van der Waals surface area contributed by atoms with E-state index in [0.29, 0.717) is 11.4 Å². The molecule has 230 valence electrons. The van der Waals surface area contributed by atoms with Gasteiger partial charge in [-0.1, -0.05) is 12.1 Å². The number of benzene rings is 2. The molecule has 4 rings (SSSR count). The maximum atomic E-state index is 15.5. The fraction of sp³-hybridized carbons (Fsp3) is 0.286. The van der Waals surface area contributed by atoms with Crippen LogP contribution in [0.1, 0.15) is 20.3 Å².